The van der Waals surface area contributed by atoms with Crippen LogP contribution in [0.5, 0.6) is 0 Å². The van der Waals surface area contributed by atoms with Gasteiger partial charge in [-0.05, 0) is 23.6 Å². The average Bonchev–Trinajstić information content (AvgIpc) is 3.02. The molecular formula is C22H20N4O5. The molecule has 0 bridgehead atoms. The van der Waals surface area contributed by atoms with Crippen molar-refractivity contribution in [3.8, 4) is 0 Å². The minimum absolute atomic E-state index is 0.0337. The fourth-order valence-corrected chi connectivity index (χ4v) is 3.75. The predicted molar refractivity (Wildman–Crippen MR) is 109 cm³/mol. The number of rotatable bonds is 5. The van der Waals surface area contributed by atoms with Crippen molar-refractivity contribution in [2.24, 2.45) is 0 Å². The van der Waals surface area contributed by atoms with E-state index in [9.17, 15) is 24.0 Å². The molecule has 0 radical (unpaired) electrons. The molecule has 3 N–H and O–H groups in total. The topological polar surface area (TPSA) is 125 Å². The second-order valence-corrected chi connectivity index (χ2v) is 7.31. The zero-order valence-electron chi connectivity index (χ0n) is 16.5. The maximum atomic E-state index is 13.0. The number of imide groups is 2. The van der Waals surface area contributed by atoms with Gasteiger partial charge in [0.2, 0.25) is 11.8 Å². The Kier molecular flexibility index (Phi) is 5.48. The van der Waals surface area contributed by atoms with Gasteiger partial charge in [0.05, 0.1) is 11.1 Å². The normalized spacial score (nSPS) is 17.9. The number of hydrogen-bond donors (Lipinski definition) is 3. The molecule has 1 atom stereocenters. The van der Waals surface area contributed by atoms with Crippen LogP contribution in [0.15, 0.2) is 48.5 Å². The van der Waals surface area contributed by atoms with Crippen molar-refractivity contribution in [2.75, 3.05) is 0 Å². The molecule has 4 rings (SSSR count). The summed E-state index contributed by atoms with van der Waals surface area (Å²) in [5.41, 5.74) is 1.76. The number of benzene rings is 2. The van der Waals surface area contributed by atoms with Crippen molar-refractivity contribution >= 4 is 29.7 Å². The molecule has 1 unspecified atom stereocenters. The van der Waals surface area contributed by atoms with Crippen LogP contribution in [0.25, 0.3) is 0 Å². The highest BCUT2D eigenvalue weighted by Crippen LogP contribution is 2.29. The van der Waals surface area contributed by atoms with Gasteiger partial charge >= 0.3 is 6.03 Å². The molecule has 1 saturated heterocycles. The maximum absolute atomic E-state index is 13.0. The number of urea groups is 1. The Hall–Kier alpha value is -4.01. The fourth-order valence-electron chi connectivity index (χ4n) is 3.75. The number of nitrogens with one attached hydrogen (secondary N) is 3. The van der Waals surface area contributed by atoms with Gasteiger partial charge in [-0.25, -0.2) is 4.79 Å². The molecule has 158 valence electrons. The van der Waals surface area contributed by atoms with E-state index in [1.165, 1.54) is 6.07 Å². The van der Waals surface area contributed by atoms with Crippen molar-refractivity contribution in [1.82, 2.24) is 20.9 Å². The van der Waals surface area contributed by atoms with Crippen LogP contribution in [0, 0.1) is 0 Å². The van der Waals surface area contributed by atoms with Crippen LogP contribution in [0.4, 0.5) is 4.79 Å². The molecule has 0 aromatic heterocycles. The molecule has 9 heteroatoms. The van der Waals surface area contributed by atoms with E-state index < -0.39 is 35.7 Å². The smallest absolute Gasteiger partial charge is 0.315 e. The molecular weight excluding hydrogens is 400 g/mol. The highest BCUT2D eigenvalue weighted by atomic mass is 16.2. The summed E-state index contributed by atoms with van der Waals surface area (Å²) in [6.45, 7) is 0.381. The van der Waals surface area contributed by atoms with Crippen LogP contribution < -0.4 is 16.0 Å². The quantitative estimate of drug-likeness (QED) is 0.625. The fraction of sp³-hybridized carbons (Fsp3) is 0.227. The SMILES string of the molecule is O=C1CCC(N2C(=O)c3cccc(CNC(=O)NCc4ccccc4)c3C2=O)C(=O)N1. The van der Waals surface area contributed by atoms with Crippen molar-refractivity contribution in [3.63, 3.8) is 0 Å². The van der Waals surface area contributed by atoms with E-state index in [4.69, 9.17) is 0 Å². The number of fused-ring (bicyclic) bond motifs is 1. The molecule has 1 fully saturated rings. The van der Waals surface area contributed by atoms with Crippen LogP contribution in [-0.2, 0) is 22.7 Å². The van der Waals surface area contributed by atoms with Crippen LogP contribution >= 0.6 is 0 Å². The molecule has 0 saturated carbocycles. The number of carbonyl (C=O) groups is 5. The lowest BCUT2D eigenvalue weighted by atomic mass is 10.0. The third-order valence-corrected chi connectivity index (χ3v) is 5.29. The Balaban J connectivity index is 1.45. The summed E-state index contributed by atoms with van der Waals surface area (Å²) in [5.74, 6) is -2.27. The number of piperidine rings is 1. The Morgan fingerprint density at radius 1 is 0.935 bits per heavy atom. The number of amides is 6. The largest absolute Gasteiger partial charge is 0.334 e. The molecule has 0 spiro atoms. The highest BCUT2D eigenvalue weighted by Gasteiger charge is 2.45. The summed E-state index contributed by atoms with van der Waals surface area (Å²) in [6.07, 6.45) is 0.144. The Labute approximate surface area is 177 Å². The van der Waals surface area contributed by atoms with Gasteiger partial charge in [0, 0.05) is 19.5 Å². The molecule has 2 aliphatic rings. The van der Waals surface area contributed by atoms with Crippen LogP contribution in [0.2, 0.25) is 0 Å². The lowest BCUT2D eigenvalue weighted by molar-refractivity contribution is -0.136. The second-order valence-electron chi connectivity index (χ2n) is 7.31. The Morgan fingerprint density at radius 2 is 1.68 bits per heavy atom. The molecule has 2 aromatic carbocycles. The van der Waals surface area contributed by atoms with E-state index in [0.717, 1.165) is 10.5 Å². The summed E-state index contributed by atoms with van der Waals surface area (Å²) >= 11 is 0. The maximum Gasteiger partial charge on any atom is 0.315 e. The summed E-state index contributed by atoms with van der Waals surface area (Å²) in [7, 11) is 0. The van der Waals surface area contributed by atoms with E-state index >= 15 is 0 Å². The summed E-state index contributed by atoms with van der Waals surface area (Å²) in [5, 5.41) is 7.58. The summed E-state index contributed by atoms with van der Waals surface area (Å²) in [6, 6.07) is 12.7. The zero-order chi connectivity index (χ0) is 22.0. The van der Waals surface area contributed by atoms with Crippen LogP contribution in [0.3, 0.4) is 0 Å². The molecule has 2 aliphatic heterocycles. The van der Waals surface area contributed by atoms with Gasteiger partial charge in [0.1, 0.15) is 6.04 Å². The van der Waals surface area contributed by atoms with Crippen molar-refractivity contribution in [1.29, 1.82) is 0 Å². The van der Waals surface area contributed by atoms with Gasteiger partial charge < -0.3 is 10.6 Å². The van der Waals surface area contributed by atoms with Gasteiger partial charge in [-0.1, -0.05) is 42.5 Å². The van der Waals surface area contributed by atoms with Gasteiger partial charge in [0.15, 0.2) is 0 Å². The van der Waals surface area contributed by atoms with E-state index in [2.05, 4.69) is 16.0 Å². The summed E-state index contributed by atoms with van der Waals surface area (Å²) < 4.78 is 0. The first-order valence-corrected chi connectivity index (χ1v) is 9.85. The first-order chi connectivity index (χ1) is 15.0. The number of hydrogen-bond acceptors (Lipinski definition) is 5. The third kappa shape index (κ3) is 4.02. The molecule has 2 aromatic rings. The molecule has 6 amide bonds. The van der Waals surface area contributed by atoms with E-state index in [0.29, 0.717) is 12.1 Å². The van der Waals surface area contributed by atoms with E-state index in [1.807, 2.05) is 30.3 Å². The van der Waals surface area contributed by atoms with E-state index in [-0.39, 0.29) is 30.5 Å². The second kappa shape index (κ2) is 8.39. The van der Waals surface area contributed by atoms with Crippen LogP contribution in [0.1, 0.15) is 44.7 Å². The first-order valence-electron chi connectivity index (χ1n) is 9.85. The average molecular weight is 420 g/mol. The number of carbonyl (C=O) groups excluding carboxylic acids is 5. The predicted octanol–water partition coefficient (Wildman–Crippen LogP) is 1.09. The lowest BCUT2D eigenvalue weighted by Crippen LogP contribution is -2.54. The third-order valence-electron chi connectivity index (χ3n) is 5.29. The van der Waals surface area contributed by atoms with E-state index in [1.54, 1.807) is 12.1 Å². The molecule has 9 nitrogen and oxygen atoms in total. The molecule has 0 aliphatic carbocycles. The van der Waals surface area contributed by atoms with Gasteiger partial charge in [-0.15, -0.1) is 0 Å². The monoisotopic (exact) mass is 420 g/mol. The first kappa shape index (κ1) is 20.3. The van der Waals surface area contributed by atoms with Gasteiger partial charge in [0.25, 0.3) is 11.8 Å². The lowest BCUT2D eigenvalue weighted by Gasteiger charge is -2.27. The Bertz CT molecular complexity index is 1080. The van der Waals surface area contributed by atoms with Crippen molar-refractivity contribution in [3.05, 3.63) is 70.8 Å². The minimum Gasteiger partial charge on any atom is -0.334 e. The summed E-state index contributed by atoms with van der Waals surface area (Å²) in [4.78, 5) is 62.5. The zero-order valence-corrected chi connectivity index (χ0v) is 16.5. The highest BCUT2D eigenvalue weighted by molar-refractivity contribution is 6.24. The molecule has 31 heavy (non-hydrogen) atoms. The van der Waals surface area contributed by atoms with Gasteiger partial charge in [-0.2, -0.15) is 0 Å². The van der Waals surface area contributed by atoms with Crippen molar-refractivity contribution in [2.45, 2.75) is 32.0 Å². The Morgan fingerprint density at radius 3 is 2.42 bits per heavy atom. The standard InChI is InChI=1S/C22H20N4O5/c27-17-10-9-16(19(28)25-17)26-20(29)15-8-4-7-14(18(15)21(26)30)12-24-22(31)23-11-13-5-2-1-3-6-13/h1-8,16H,9-12H2,(H2,23,24,31)(H,25,27,28). The van der Waals surface area contributed by atoms with Gasteiger partial charge in [-0.3, -0.25) is 29.4 Å². The minimum atomic E-state index is -1.03. The van der Waals surface area contributed by atoms with Crippen molar-refractivity contribution < 1.29 is 24.0 Å². The molecule has 2 heterocycles. The number of nitrogens with zero attached hydrogens (tertiary/aromatic N) is 1. The van der Waals surface area contributed by atoms with Crippen LogP contribution in [-0.4, -0.2) is 40.6 Å².